The number of anilines is 4. The van der Waals surface area contributed by atoms with Crippen LogP contribution in [0.25, 0.3) is 0 Å². The number of hydrogen-bond donors (Lipinski definition) is 2. The Morgan fingerprint density at radius 2 is 1.64 bits per heavy atom. The van der Waals surface area contributed by atoms with Gasteiger partial charge in [-0.2, -0.15) is 0 Å². The number of nitrogens with zero attached hydrogens (tertiary/aromatic N) is 3. The Bertz CT molecular complexity index is 839. The molecule has 1 aliphatic carbocycles. The third kappa shape index (κ3) is 3.60. The van der Waals surface area contributed by atoms with E-state index in [1.54, 1.807) is 18.6 Å². The van der Waals surface area contributed by atoms with Crippen LogP contribution in [0.3, 0.4) is 0 Å². The zero-order chi connectivity index (χ0) is 17.1. The van der Waals surface area contributed by atoms with Gasteiger partial charge in [0.1, 0.15) is 0 Å². The molecule has 2 heterocycles. The first-order valence-corrected chi connectivity index (χ1v) is 8.64. The second-order valence-electron chi connectivity index (χ2n) is 6.49. The van der Waals surface area contributed by atoms with Crippen LogP contribution in [-0.2, 0) is 0 Å². The predicted molar refractivity (Wildman–Crippen MR) is 101 cm³/mol. The molecule has 0 radical (unpaired) electrons. The molecule has 4 rings (SSSR count). The minimum Gasteiger partial charge on any atom is -0.353 e. The van der Waals surface area contributed by atoms with Crippen LogP contribution in [0.1, 0.15) is 36.3 Å². The van der Waals surface area contributed by atoms with E-state index in [1.165, 1.54) is 24.8 Å². The zero-order valence-corrected chi connectivity index (χ0v) is 14.2. The molecular formula is C20H21N5. The van der Waals surface area contributed by atoms with Crippen molar-refractivity contribution in [3.63, 3.8) is 0 Å². The molecule has 0 spiro atoms. The van der Waals surface area contributed by atoms with E-state index in [9.17, 15) is 0 Å². The number of nitrogens with one attached hydrogen (secondary N) is 2. The second-order valence-corrected chi connectivity index (χ2v) is 6.49. The highest BCUT2D eigenvalue weighted by Crippen LogP contribution is 2.36. The van der Waals surface area contributed by atoms with Crippen molar-refractivity contribution in [2.24, 2.45) is 0 Å². The highest BCUT2D eigenvalue weighted by Gasteiger charge is 2.18. The lowest BCUT2D eigenvalue weighted by atomic mass is 9.80. The van der Waals surface area contributed by atoms with Gasteiger partial charge < -0.3 is 10.6 Å². The summed E-state index contributed by atoms with van der Waals surface area (Å²) in [7, 11) is 0. The summed E-state index contributed by atoms with van der Waals surface area (Å²) in [4.78, 5) is 12.9. The van der Waals surface area contributed by atoms with Gasteiger partial charge in [-0.05, 0) is 55.0 Å². The third-order valence-corrected chi connectivity index (χ3v) is 4.69. The Morgan fingerprint density at radius 3 is 2.28 bits per heavy atom. The van der Waals surface area contributed by atoms with Crippen LogP contribution in [0.2, 0.25) is 0 Å². The first-order chi connectivity index (χ1) is 12.3. The van der Waals surface area contributed by atoms with Crippen molar-refractivity contribution in [3.05, 3.63) is 66.2 Å². The number of aromatic nitrogens is 3. The van der Waals surface area contributed by atoms with Gasteiger partial charge in [0.05, 0.1) is 18.1 Å². The molecule has 2 aromatic heterocycles. The predicted octanol–water partition coefficient (Wildman–Crippen LogP) is 4.93. The first kappa shape index (κ1) is 15.6. The average molecular weight is 331 g/mol. The molecule has 0 atom stereocenters. The van der Waals surface area contributed by atoms with E-state index in [0.29, 0.717) is 5.95 Å². The van der Waals surface area contributed by atoms with Gasteiger partial charge in [0.25, 0.3) is 0 Å². The van der Waals surface area contributed by atoms with E-state index in [-0.39, 0.29) is 0 Å². The maximum atomic E-state index is 4.38. The van der Waals surface area contributed by atoms with Gasteiger partial charge in [-0.25, -0.2) is 9.97 Å². The summed E-state index contributed by atoms with van der Waals surface area (Å²) in [5.41, 5.74) is 5.38. The fraction of sp³-hybridized carbons (Fsp3) is 0.250. The van der Waals surface area contributed by atoms with Crippen molar-refractivity contribution in [2.75, 3.05) is 10.6 Å². The number of benzene rings is 1. The van der Waals surface area contributed by atoms with Gasteiger partial charge >= 0.3 is 0 Å². The van der Waals surface area contributed by atoms with Gasteiger partial charge in [0.2, 0.25) is 5.95 Å². The molecule has 0 aliphatic heterocycles. The molecule has 5 nitrogen and oxygen atoms in total. The Labute approximate surface area is 147 Å². The van der Waals surface area contributed by atoms with Crippen LogP contribution >= 0.6 is 0 Å². The van der Waals surface area contributed by atoms with Gasteiger partial charge in [-0.3, -0.25) is 4.98 Å². The number of pyridine rings is 1. The topological polar surface area (TPSA) is 62.7 Å². The normalized spacial score (nSPS) is 14.0. The van der Waals surface area contributed by atoms with E-state index in [4.69, 9.17) is 0 Å². The minimum atomic E-state index is 0.591. The summed E-state index contributed by atoms with van der Waals surface area (Å²) in [6.45, 7) is 2.01. The van der Waals surface area contributed by atoms with E-state index < -0.39 is 0 Å². The first-order valence-electron chi connectivity index (χ1n) is 8.64. The summed E-state index contributed by atoms with van der Waals surface area (Å²) in [5, 5.41) is 6.55. The quantitative estimate of drug-likeness (QED) is 0.694. The summed E-state index contributed by atoms with van der Waals surface area (Å²) >= 11 is 0. The largest absolute Gasteiger partial charge is 0.353 e. The Kier molecular flexibility index (Phi) is 4.29. The van der Waals surface area contributed by atoms with E-state index in [2.05, 4.69) is 49.9 Å². The standard InChI is InChI=1S/C20H21N5/c1-14-11-21-10-9-19(14)24-18-12-22-20(23-13-18)25-17-7-5-16(6-8-17)15-3-2-4-15/h5-13,15H,2-4H2,1H3,(H,21,24)(H,22,23,25). The number of aryl methyl sites for hydroxylation is 1. The molecule has 0 saturated heterocycles. The molecule has 0 amide bonds. The summed E-state index contributed by atoms with van der Waals surface area (Å²) in [6, 6.07) is 10.5. The van der Waals surface area contributed by atoms with Crippen LogP contribution in [0.15, 0.2) is 55.1 Å². The molecule has 1 aliphatic rings. The van der Waals surface area contributed by atoms with Crippen LogP contribution < -0.4 is 10.6 Å². The number of rotatable bonds is 5. The Morgan fingerprint density at radius 1 is 0.880 bits per heavy atom. The summed E-state index contributed by atoms with van der Waals surface area (Å²) in [6.07, 6.45) is 11.1. The average Bonchev–Trinajstić information content (AvgIpc) is 2.59. The summed E-state index contributed by atoms with van der Waals surface area (Å²) < 4.78 is 0. The zero-order valence-electron chi connectivity index (χ0n) is 14.2. The van der Waals surface area contributed by atoms with Crippen molar-refractivity contribution in [1.82, 2.24) is 15.0 Å². The third-order valence-electron chi connectivity index (χ3n) is 4.69. The lowest BCUT2D eigenvalue weighted by Crippen LogP contribution is -2.08. The fourth-order valence-electron chi connectivity index (χ4n) is 2.94. The van der Waals surface area contributed by atoms with Crippen molar-refractivity contribution >= 4 is 23.0 Å². The molecule has 0 bridgehead atoms. The van der Waals surface area contributed by atoms with Crippen LogP contribution in [-0.4, -0.2) is 15.0 Å². The highest BCUT2D eigenvalue weighted by molar-refractivity contribution is 5.62. The second kappa shape index (κ2) is 6.89. The summed E-state index contributed by atoms with van der Waals surface area (Å²) in [5.74, 6) is 1.35. The van der Waals surface area contributed by atoms with Crippen molar-refractivity contribution < 1.29 is 0 Å². The molecule has 1 fully saturated rings. The van der Waals surface area contributed by atoms with Gasteiger partial charge in [-0.15, -0.1) is 0 Å². The Balaban J connectivity index is 1.41. The van der Waals surface area contributed by atoms with Gasteiger partial charge in [-0.1, -0.05) is 18.6 Å². The number of hydrogen-bond acceptors (Lipinski definition) is 5. The Hall–Kier alpha value is -2.95. The van der Waals surface area contributed by atoms with E-state index >= 15 is 0 Å². The lowest BCUT2D eigenvalue weighted by Gasteiger charge is -2.25. The van der Waals surface area contributed by atoms with Crippen LogP contribution in [0, 0.1) is 6.92 Å². The monoisotopic (exact) mass is 331 g/mol. The maximum Gasteiger partial charge on any atom is 0.227 e. The molecule has 0 unspecified atom stereocenters. The molecule has 1 aromatic carbocycles. The maximum absolute atomic E-state index is 4.38. The van der Waals surface area contributed by atoms with Crippen LogP contribution in [0.4, 0.5) is 23.0 Å². The lowest BCUT2D eigenvalue weighted by molar-refractivity contribution is 0.420. The minimum absolute atomic E-state index is 0.591. The SMILES string of the molecule is Cc1cnccc1Nc1cnc(Nc2ccc(C3CCC3)cc2)nc1. The molecule has 1 saturated carbocycles. The fourth-order valence-corrected chi connectivity index (χ4v) is 2.94. The highest BCUT2D eigenvalue weighted by atomic mass is 15.1. The molecule has 5 heteroatoms. The molecular weight excluding hydrogens is 310 g/mol. The molecule has 3 aromatic rings. The molecule has 2 N–H and O–H groups in total. The van der Waals surface area contributed by atoms with E-state index in [1.807, 2.05) is 19.2 Å². The van der Waals surface area contributed by atoms with Crippen molar-refractivity contribution in [1.29, 1.82) is 0 Å². The van der Waals surface area contributed by atoms with Crippen LogP contribution in [0.5, 0.6) is 0 Å². The van der Waals surface area contributed by atoms with Crippen molar-refractivity contribution in [2.45, 2.75) is 32.1 Å². The molecule has 126 valence electrons. The van der Waals surface area contributed by atoms with Gasteiger partial charge in [0, 0.05) is 23.8 Å². The van der Waals surface area contributed by atoms with Crippen molar-refractivity contribution in [3.8, 4) is 0 Å². The molecule has 25 heavy (non-hydrogen) atoms. The van der Waals surface area contributed by atoms with Gasteiger partial charge in [0.15, 0.2) is 0 Å². The van der Waals surface area contributed by atoms with E-state index in [0.717, 1.165) is 28.5 Å². The smallest absolute Gasteiger partial charge is 0.227 e.